The standard InChI is InChI=1S/C19H36N2/c1-12(2)17-18(13(3)4)21(14(5)6)16(8)15(7)19(9,10)20(17)11/h12-14H,1-11H3. The van der Waals surface area contributed by atoms with Crippen LogP contribution in [0.4, 0.5) is 0 Å². The summed E-state index contributed by atoms with van der Waals surface area (Å²) < 4.78 is 0. The van der Waals surface area contributed by atoms with E-state index in [4.69, 9.17) is 0 Å². The van der Waals surface area contributed by atoms with Gasteiger partial charge in [0.25, 0.3) is 0 Å². The minimum atomic E-state index is 0.0491. The van der Waals surface area contributed by atoms with Gasteiger partial charge in [0.05, 0.1) is 5.54 Å². The highest BCUT2D eigenvalue weighted by Gasteiger charge is 2.37. The third-order valence-corrected chi connectivity index (χ3v) is 5.15. The molecule has 1 heterocycles. The average Bonchev–Trinajstić information content (AvgIpc) is 2.39. The van der Waals surface area contributed by atoms with Gasteiger partial charge in [-0.15, -0.1) is 0 Å². The first-order valence-corrected chi connectivity index (χ1v) is 8.39. The molecular formula is C19H36N2. The number of nitrogens with zero attached hydrogens (tertiary/aromatic N) is 2. The van der Waals surface area contributed by atoms with Crippen LogP contribution in [0.15, 0.2) is 22.7 Å². The Balaban J connectivity index is 3.77. The summed E-state index contributed by atoms with van der Waals surface area (Å²) in [6.45, 7) is 23.1. The Bertz CT molecular complexity index is 450. The van der Waals surface area contributed by atoms with Crippen molar-refractivity contribution in [2.75, 3.05) is 7.05 Å². The molecule has 0 aromatic carbocycles. The molecule has 122 valence electrons. The molecule has 0 aliphatic carbocycles. The van der Waals surface area contributed by atoms with E-state index in [1.807, 2.05) is 0 Å². The molecule has 0 atom stereocenters. The Kier molecular flexibility index (Phi) is 5.23. The monoisotopic (exact) mass is 292 g/mol. The summed E-state index contributed by atoms with van der Waals surface area (Å²) in [5, 5.41) is 0. The molecule has 1 aliphatic rings. The fraction of sp³-hybridized carbons (Fsp3) is 0.789. The molecule has 0 saturated heterocycles. The van der Waals surface area contributed by atoms with E-state index in [0.717, 1.165) is 0 Å². The van der Waals surface area contributed by atoms with E-state index in [-0.39, 0.29) is 5.54 Å². The van der Waals surface area contributed by atoms with Crippen molar-refractivity contribution in [1.29, 1.82) is 0 Å². The smallest absolute Gasteiger partial charge is 0.0569 e. The predicted molar refractivity (Wildman–Crippen MR) is 93.9 cm³/mol. The van der Waals surface area contributed by atoms with Crippen LogP contribution in [0.5, 0.6) is 0 Å². The maximum Gasteiger partial charge on any atom is 0.0569 e. The van der Waals surface area contributed by atoms with Gasteiger partial charge in [-0.05, 0) is 59.0 Å². The van der Waals surface area contributed by atoms with Crippen molar-refractivity contribution >= 4 is 0 Å². The predicted octanol–water partition coefficient (Wildman–Crippen LogP) is 5.24. The molecule has 0 radical (unpaired) electrons. The van der Waals surface area contributed by atoms with Crippen molar-refractivity contribution in [3.8, 4) is 0 Å². The highest BCUT2D eigenvalue weighted by Crippen LogP contribution is 2.41. The first kappa shape index (κ1) is 18.1. The van der Waals surface area contributed by atoms with E-state index in [9.17, 15) is 0 Å². The van der Waals surface area contributed by atoms with Gasteiger partial charge in [-0.1, -0.05) is 27.7 Å². The molecule has 0 bridgehead atoms. The molecule has 0 saturated carbocycles. The Hall–Kier alpha value is -0.920. The lowest BCUT2D eigenvalue weighted by Gasteiger charge is -2.41. The molecule has 2 nitrogen and oxygen atoms in total. The highest BCUT2D eigenvalue weighted by molar-refractivity contribution is 5.34. The summed E-state index contributed by atoms with van der Waals surface area (Å²) in [7, 11) is 2.26. The fourth-order valence-corrected chi connectivity index (χ4v) is 3.57. The number of likely N-dealkylation sites (N-methyl/N-ethyl adjacent to an activating group) is 1. The van der Waals surface area contributed by atoms with Gasteiger partial charge >= 0.3 is 0 Å². The average molecular weight is 293 g/mol. The van der Waals surface area contributed by atoms with Crippen LogP contribution in [0.1, 0.15) is 69.2 Å². The Morgan fingerprint density at radius 3 is 1.57 bits per heavy atom. The lowest BCUT2D eigenvalue weighted by atomic mass is 9.90. The van der Waals surface area contributed by atoms with E-state index in [1.165, 1.54) is 22.7 Å². The van der Waals surface area contributed by atoms with E-state index in [0.29, 0.717) is 17.9 Å². The number of hydrogen-bond donors (Lipinski definition) is 0. The van der Waals surface area contributed by atoms with Gasteiger partial charge in [-0.3, -0.25) is 0 Å². The summed E-state index contributed by atoms with van der Waals surface area (Å²) in [6.07, 6.45) is 0. The fourth-order valence-electron chi connectivity index (χ4n) is 3.57. The Morgan fingerprint density at radius 1 is 0.810 bits per heavy atom. The second kappa shape index (κ2) is 6.06. The Morgan fingerprint density at radius 2 is 1.24 bits per heavy atom. The van der Waals surface area contributed by atoms with Gasteiger partial charge in [0.15, 0.2) is 0 Å². The van der Waals surface area contributed by atoms with Crippen LogP contribution in [-0.2, 0) is 0 Å². The molecule has 0 fully saturated rings. The summed E-state index contributed by atoms with van der Waals surface area (Å²) in [6, 6.07) is 0.480. The van der Waals surface area contributed by atoms with Gasteiger partial charge in [-0.2, -0.15) is 0 Å². The zero-order valence-electron chi connectivity index (χ0n) is 16.1. The number of allylic oxidation sites excluding steroid dienone is 3. The first-order valence-electron chi connectivity index (χ1n) is 8.39. The molecule has 1 aliphatic heterocycles. The summed E-state index contributed by atoms with van der Waals surface area (Å²) in [5.41, 5.74) is 5.91. The normalized spacial score (nSPS) is 20.3. The van der Waals surface area contributed by atoms with Crippen LogP contribution in [0.3, 0.4) is 0 Å². The van der Waals surface area contributed by atoms with E-state index in [2.05, 4.69) is 86.1 Å². The topological polar surface area (TPSA) is 6.48 Å². The van der Waals surface area contributed by atoms with Crippen LogP contribution in [-0.4, -0.2) is 28.4 Å². The molecule has 0 aromatic heterocycles. The third-order valence-electron chi connectivity index (χ3n) is 5.15. The van der Waals surface area contributed by atoms with Crippen molar-refractivity contribution in [1.82, 2.24) is 9.80 Å². The van der Waals surface area contributed by atoms with Crippen molar-refractivity contribution in [3.63, 3.8) is 0 Å². The van der Waals surface area contributed by atoms with Gasteiger partial charge in [0.1, 0.15) is 0 Å². The number of rotatable bonds is 3. The molecule has 1 rings (SSSR count). The summed E-state index contributed by atoms with van der Waals surface area (Å²) in [5.74, 6) is 1.04. The largest absolute Gasteiger partial charge is 0.367 e. The van der Waals surface area contributed by atoms with Gasteiger partial charge in [0, 0.05) is 30.2 Å². The highest BCUT2D eigenvalue weighted by atomic mass is 15.3. The first-order chi connectivity index (χ1) is 9.44. The van der Waals surface area contributed by atoms with Crippen LogP contribution >= 0.6 is 0 Å². The quantitative estimate of drug-likeness (QED) is 0.702. The minimum absolute atomic E-state index is 0.0491. The van der Waals surface area contributed by atoms with Crippen molar-refractivity contribution in [2.24, 2.45) is 11.8 Å². The van der Waals surface area contributed by atoms with Crippen LogP contribution < -0.4 is 0 Å². The maximum absolute atomic E-state index is 2.57. The van der Waals surface area contributed by atoms with E-state index in [1.54, 1.807) is 0 Å². The van der Waals surface area contributed by atoms with E-state index < -0.39 is 0 Å². The van der Waals surface area contributed by atoms with Gasteiger partial charge in [-0.25, -0.2) is 0 Å². The molecular weight excluding hydrogens is 256 g/mol. The van der Waals surface area contributed by atoms with Gasteiger partial charge < -0.3 is 9.80 Å². The molecule has 21 heavy (non-hydrogen) atoms. The lowest BCUT2D eigenvalue weighted by Crippen LogP contribution is -2.42. The van der Waals surface area contributed by atoms with Crippen molar-refractivity contribution < 1.29 is 0 Å². The molecule has 0 amide bonds. The van der Waals surface area contributed by atoms with Crippen LogP contribution in [0.25, 0.3) is 0 Å². The van der Waals surface area contributed by atoms with Gasteiger partial charge in [0.2, 0.25) is 0 Å². The number of hydrogen-bond acceptors (Lipinski definition) is 2. The zero-order valence-corrected chi connectivity index (χ0v) is 16.1. The van der Waals surface area contributed by atoms with Crippen molar-refractivity contribution in [2.45, 2.75) is 80.8 Å². The molecule has 0 spiro atoms. The molecule has 2 heteroatoms. The van der Waals surface area contributed by atoms with Crippen molar-refractivity contribution in [3.05, 3.63) is 22.7 Å². The molecule has 0 unspecified atom stereocenters. The lowest BCUT2D eigenvalue weighted by molar-refractivity contribution is 0.220. The Labute approximate surface area is 132 Å². The summed E-state index contributed by atoms with van der Waals surface area (Å²) >= 11 is 0. The maximum atomic E-state index is 2.57. The summed E-state index contributed by atoms with van der Waals surface area (Å²) in [4.78, 5) is 5.08. The van der Waals surface area contributed by atoms with Crippen LogP contribution in [0, 0.1) is 11.8 Å². The third kappa shape index (κ3) is 3.00. The van der Waals surface area contributed by atoms with E-state index >= 15 is 0 Å². The molecule has 0 N–H and O–H groups in total. The second-order valence-corrected chi connectivity index (χ2v) is 7.87. The second-order valence-electron chi connectivity index (χ2n) is 7.87. The minimum Gasteiger partial charge on any atom is -0.367 e. The SMILES string of the molecule is CC1=C(C)C(C)(C)N(C)C(C(C)C)=C(C(C)C)N1C(C)C. The van der Waals surface area contributed by atoms with Crippen LogP contribution in [0.2, 0.25) is 0 Å². The molecule has 0 aromatic rings. The zero-order chi connectivity index (χ0) is 16.7.